The molecule has 0 atom stereocenters. The number of nitrogens with zero attached hydrogens (tertiary/aromatic N) is 3. The highest BCUT2D eigenvalue weighted by atomic mass is 32.1. The minimum Gasteiger partial charge on any atom is -0.497 e. The van der Waals surface area contributed by atoms with E-state index in [1.165, 1.54) is 22.1 Å². The van der Waals surface area contributed by atoms with Crippen LogP contribution in [-0.2, 0) is 17.9 Å². The highest BCUT2D eigenvalue weighted by molar-refractivity contribution is 7.13. The Morgan fingerprint density at radius 2 is 1.75 bits per heavy atom. The monoisotopic (exact) mass is 446 g/mol. The molecule has 0 fully saturated rings. The summed E-state index contributed by atoms with van der Waals surface area (Å²) >= 11 is 1.50. The van der Waals surface area contributed by atoms with Gasteiger partial charge in [0.15, 0.2) is 0 Å². The Bertz CT molecular complexity index is 1280. The molecule has 4 aromatic rings. The van der Waals surface area contributed by atoms with E-state index in [2.05, 4.69) is 15.4 Å². The second kappa shape index (κ2) is 9.57. The van der Waals surface area contributed by atoms with Gasteiger partial charge in [-0.2, -0.15) is 5.10 Å². The number of hydrogen-bond acceptors (Lipinski definition) is 6. The van der Waals surface area contributed by atoms with Crippen LogP contribution in [0.15, 0.2) is 70.8 Å². The van der Waals surface area contributed by atoms with Gasteiger partial charge in [-0.15, -0.1) is 11.3 Å². The molecular weight excluding hydrogens is 424 g/mol. The second-order valence-corrected chi connectivity index (χ2v) is 8.09. The summed E-state index contributed by atoms with van der Waals surface area (Å²) in [6.45, 7) is 2.12. The molecular formula is C24H22N4O3S. The van der Waals surface area contributed by atoms with Gasteiger partial charge in [0.2, 0.25) is 5.91 Å². The summed E-state index contributed by atoms with van der Waals surface area (Å²) in [5.41, 5.74) is 4.07. The SMILES string of the molecule is COc1ccc(-c2nc(CNC(=O)Cn3nc(-c4ccc(C)cc4)ccc3=O)cs2)cc1. The summed E-state index contributed by atoms with van der Waals surface area (Å²) in [5, 5.41) is 9.92. The Morgan fingerprint density at radius 1 is 1.03 bits per heavy atom. The van der Waals surface area contributed by atoms with Crippen molar-refractivity contribution in [3.05, 3.63) is 87.7 Å². The second-order valence-electron chi connectivity index (χ2n) is 7.23. The Balaban J connectivity index is 1.39. The van der Waals surface area contributed by atoms with Gasteiger partial charge < -0.3 is 10.1 Å². The van der Waals surface area contributed by atoms with E-state index in [4.69, 9.17) is 4.74 Å². The number of amides is 1. The van der Waals surface area contributed by atoms with Crippen molar-refractivity contribution in [2.75, 3.05) is 7.11 Å². The molecule has 162 valence electrons. The lowest BCUT2D eigenvalue weighted by atomic mass is 10.1. The zero-order chi connectivity index (χ0) is 22.5. The first-order valence-corrected chi connectivity index (χ1v) is 10.9. The highest BCUT2D eigenvalue weighted by Gasteiger charge is 2.10. The molecule has 2 aromatic heterocycles. The van der Waals surface area contributed by atoms with E-state index >= 15 is 0 Å². The zero-order valence-electron chi connectivity index (χ0n) is 17.7. The van der Waals surface area contributed by atoms with E-state index in [-0.39, 0.29) is 24.6 Å². The maximum absolute atomic E-state index is 12.4. The van der Waals surface area contributed by atoms with E-state index in [0.29, 0.717) is 5.69 Å². The van der Waals surface area contributed by atoms with Crippen molar-refractivity contribution >= 4 is 17.2 Å². The third-order valence-corrected chi connectivity index (χ3v) is 5.80. The van der Waals surface area contributed by atoms with Gasteiger partial charge in [-0.3, -0.25) is 9.59 Å². The Hall–Kier alpha value is -3.78. The first-order chi connectivity index (χ1) is 15.5. The van der Waals surface area contributed by atoms with E-state index in [1.807, 2.05) is 60.8 Å². The predicted molar refractivity (Wildman–Crippen MR) is 125 cm³/mol. The fourth-order valence-corrected chi connectivity index (χ4v) is 3.90. The number of nitrogens with one attached hydrogen (secondary N) is 1. The maximum Gasteiger partial charge on any atom is 0.267 e. The highest BCUT2D eigenvalue weighted by Crippen LogP contribution is 2.25. The summed E-state index contributed by atoms with van der Waals surface area (Å²) in [6, 6.07) is 18.6. The van der Waals surface area contributed by atoms with E-state index in [9.17, 15) is 9.59 Å². The van der Waals surface area contributed by atoms with Gasteiger partial charge in [0.05, 0.1) is 25.0 Å². The molecule has 8 heteroatoms. The van der Waals surface area contributed by atoms with Crippen molar-refractivity contribution in [3.63, 3.8) is 0 Å². The molecule has 0 radical (unpaired) electrons. The van der Waals surface area contributed by atoms with Crippen molar-refractivity contribution < 1.29 is 9.53 Å². The number of carbonyl (C=O) groups excluding carboxylic acids is 1. The number of methoxy groups -OCH3 is 1. The summed E-state index contributed by atoms with van der Waals surface area (Å²) in [4.78, 5) is 29.2. The number of benzene rings is 2. The van der Waals surface area contributed by atoms with Crippen LogP contribution in [0.2, 0.25) is 0 Å². The normalized spacial score (nSPS) is 10.7. The van der Waals surface area contributed by atoms with Crippen LogP contribution < -0.4 is 15.6 Å². The number of rotatable bonds is 7. The van der Waals surface area contributed by atoms with Crippen molar-refractivity contribution in [1.29, 1.82) is 0 Å². The molecule has 0 aliphatic carbocycles. The first-order valence-electron chi connectivity index (χ1n) is 10.0. The number of thiazole rings is 1. The Morgan fingerprint density at radius 3 is 2.47 bits per heavy atom. The zero-order valence-corrected chi connectivity index (χ0v) is 18.6. The van der Waals surface area contributed by atoms with Crippen LogP contribution in [0.1, 0.15) is 11.3 Å². The lowest BCUT2D eigenvalue weighted by Gasteiger charge is -2.08. The summed E-state index contributed by atoms with van der Waals surface area (Å²) in [5.74, 6) is 0.479. The van der Waals surface area contributed by atoms with Crippen molar-refractivity contribution in [2.24, 2.45) is 0 Å². The van der Waals surface area contributed by atoms with Gasteiger partial charge in [0.1, 0.15) is 17.3 Å². The standard InChI is InChI=1S/C24H22N4O3S/c1-16-3-5-17(6-4-16)21-11-12-23(30)28(27-21)14-22(29)25-13-19-15-32-24(26-19)18-7-9-20(31-2)10-8-18/h3-12,15H,13-14H2,1-2H3,(H,25,29). The molecule has 0 saturated carbocycles. The lowest BCUT2D eigenvalue weighted by molar-refractivity contribution is -0.122. The van der Waals surface area contributed by atoms with Crippen molar-refractivity contribution in [2.45, 2.75) is 20.0 Å². The van der Waals surface area contributed by atoms with Crippen LogP contribution in [0.5, 0.6) is 5.75 Å². The number of aromatic nitrogens is 3. The van der Waals surface area contributed by atoms with Crippen molar-refractivity contribution in [1.82, 2.24) is 20.1 Å². The van der Waals surface area contributed by atoms with Crippen LogP contribution in [0, 0.1) is 6.92 Å². The quantitative estimate of drug-likeness (QED) is 0.468. The lowest BCUT2D eigenvalue weighted by Crippen LogP contribution is -2.33. The van der Waals surface area contributed by atoms with E-state index in [0.717, 1.165) is 33.1 Å². The third kappa shape index (κ3) is 5.09. The molecule has 0 spiro atoms. The molecule has 0 aliphatic rings. The Kier molecular flexibility index (Phi) is 6.42. The molecule has 2 aromatic carbocycles. The van der Waals surface area contributed by atoms with Crippen LogP contribution >= 0.6 is 11.3 Å². The van der Waals surface area contributed by atoms with Crippen LogP contribution in [0.4, 0.5) is 0 Å². The van der Waals surface area contributed by atoms with E-state index < -0.39 is 0 Å². The molecule has 0 unspecified atom stereocenters. The molecule has 0 saturated heterocycles. The summed E-state index contributed by atoms with van der Waals surface area (Å²) in [6.07, 6.45) is 0. The molecule has 4 rings (SSSR count). The van der Waals surface area contributed by atoms with Crippen molar-refractivity contribution in [3.8, 4) is 27.6 Å². The fraction of sp³-hybridized carbons (Fsp3) is 0.167. The van der Waals surface area contributed by atoms with Gasteiger partial charge in [-0.1, -0.05) is 29.8 Å². The molecule has 1 N–H and O–H groups in total. The number of ether oxygens (including phenoxy) is 1. The van der Waals surface area contributed by atoms with Gasteiger partial charge >= 0.3 is 0 Å². The van der Waals surface area contributed by atoms with Crippen LogP contribution in [0.25, 0.3) is 21.8 Å². The topological polar surface area (TPSA) is 86.1 Å². The predicted octanol–water partition coefficient (Wildman–Crippen LogP) is 3.67. The largest absolute Gasteiger partial charge is 0.497 e. The van der Waals surface area contributed by atoms with Gasteiger partial charge in [-0.05, 0) is 37.3 Å². The smallest absolute Gasteiger partial charge is 0.267 e. The van der Waals surface area contributed by atoms with Crippen LogP contribution in [0.3, 0.4) is 0 Å². The first kappa shape index (κ1) is 21.5. The Labute approximate surface area is 189 Å². The van der Waals surface area contributed by atoms with Crippen LogP contribution in [-0.4, -0.2) is 27.8 Å². The molecule has 7 nitrogen and oxygen atoms in total. The molecule has 0 aliphatic heterocycles. The molecule has 1 amide bonds. The summed E-state index contributed by atoms with van der Waals surface area (Å²) < 4.78 is 6.35. The minimum absolute atomic E-state index is 0.159. The molecule has 2 heterocycles. The molecule has 0 bridgehead atoms. The number of carbonyl (C=O) groups is 1. The maximum atomic E-state index is 12.4. The summed E-state index contributed by atoms with van der Waals surface area (Å²) in [7, 11) is 1.63. The number of aryl methyl sites for hydroxylation is 1. The number of hydrogen-bond donors (Lipinski definition) is 1. The van der Waals surface area contributed by atoms with Gasteiger partial charge in [-0.25, -0.2) is 9.67 Å². The minimum atomic E-state index is -0.327. The van der Waals surface area contributed by atoms with Gasteiger partial charge in [0, 0.05) is 22.6 Å². The average Bonchev–Trinajstić information content (AvgIpc) is 3.29. The van der Waals surface area contributed by atoms with E-state index in [1.54, 1.807) is 13.2 Å². The molecule has 32 heavy (non-hydrogen) atoms. The van der Waals surface area contributed by atoms with Gasteiger partial charge in [0.25, 0.3) is 5.56 Å². The third-order valence-electron chi connectivity index (χ3n) is 4.86. The average molecular weight is 447 g/mol. The fourth-order valence-electron chi connectivity index (χ4n) is 3.08.